The monoisotopic (exact) mass is 314 g/mol. The maximum atomic E-state index is 11.1. The van der Waals surface area contributed by atoms with Crippen LogP contribution in [0.25, 0.3) is 0 Å². The molecule has 2 rings (SSSR count). The van der Waals surface area contributed by atoms with E-state index >= 15 is 0 Å². The summed E-state index contributed by atoms with van der Waals surface area (Å²) >= 11 is 0. The van der Waals surface area contributed by atoms with Crippen LogP contribution in [-0.2, 0) is 17.9 Å². The number of aliphatic carboxylic acids is 1. The molecule has 3 N–H and O–H groups in total. The van der Waals surface area contributed by atoms with Gasteiger partial charge in [-0.25, -0.2) is 9.97 Å². The van der Waals surface area contributed by atoms with Gasteiger partial charge in [-0.1, -0.05) is 44.2 Å². The fourth-order valence-electron chi connectivity index (χ4n) is 2.15. The molecule has 0 saturated heterocycles. The molecule has 0 spiro atoms. The first-order valence-electron chi connectivity index (χ1n) is 7.61. The van der Waals surface area contributed by atoms with Gasteiger partial charge >= 0.3 is 5.97 Å². The summed E-state index contributed by atoms with van der Waals surface area (Å²) in [6.07, 6.45) is 3.40. The smallest absolute Gasteiger partial charge is 0.320 e. The number of anilines is 1. The number of nitrogens with zero attached hydrogens (tertiary/aromatic N) is 2. The number of nitrogens with one attached hydrogen (secondary N) is 2. The van der Waals surface area contributed by atoms with Gasteiger partial charge in [0.05, 0.1) is 0 Å². The minimum absolute atomic E-state index is 0.0141. The second kappa shape index (κ2) is 8.24. The predicted molar refractivity (Wildman–Crippen MR) is 88.9 cm³/mol. The number of aromatic nitrogens is 2. The van der Waals surface area contributed by atoms with E-state index in [1.54, 1.807) is 12.4 Å². The minimum atomic E-state index is -0.845. The van der Waals surface area contributed by atoms with Crippen LogP contribution in [0, 0.1) is 5.92 Å². The van der Waals surface area contributed by atoms with Crippen molar-refractivity contribution in [1.29, 1.82) is 0 Å². The molecule has 1 aromatic heterocycles. The number of carboxylic acid groups (broad SMARTS) is 1. The van der Waals surface area contributed by atoms with Gasteiger partial charge < -0.3 is 10.4 Å². The Labute approximate surface area is 136 Å². The van der Waals surface area contributed by atoms with Crippen molar-refractivity contribution < 1.29 is 9.90 Å². The molecule has 0 saturated carbocycles. The van der Waals surface area contributed by atoms with Crippen molar-refractivity contribution in [3.05, 3.63) is 53.9 Å². The number of carbonyl (C=O) groups is 1. The number of hydrogen-bond acceptors (Lipinski definition) is 5. The van der Waals surface area contributed by atoms with Gasteiger partial charge in [0.15, 0.2) is 0 Å². The highest BCUT2D eigenvalue weighted by Gasteiger charge is 2.20. The van der Waals surface area contributed by atoms with Gasteiger partial charge in [-0.3, -0.25) is 10.1 Å². The summed E-state index contributed by atoms with van der Waals surface area (Å²) < 4.78 is 0. The molecule has 6 heteroatoms. The van der Waals surface area contributed by atoms with Gasteiger partial charge in [0.2, 0.25) is 5.95 Å². The Kier molecular flexibility index (Phi) is 6.05. The summed E-state index contributed by atoms with van der Waals surface area (Å²) in [5.74, 6) is -0.279. The molecular formula is C17H22N4O2. The lowest BCUT2D eigenvalue weighted by Crippen LogP contribution is -2.40. The fraction of sp³-hybridized carbons (Fsp3) is 0.353. The van der Waals surface area contributed by atoms with E-state index in [0.29, 0.717) is 19.0 Å². The Morgan fingerprint density at radius 3 is 2.30 bits per heavy atom. The molecule has 1 aromatic carbocycles. The van der Waals surface area contributed by atoms with E-state index in [9.17, 15) is 4.79 Å². The average molecular weight is 314 g/mol. The lowest BCUT2D eigenvalue weighted by Gasteiger charge is -2.17. The number of carboxylic acids is 1. The van der Waals surface area contributed by atoms with Crippen molar-refractivity contribution in [1.82, 2.24) is 15.3 Å². The van der Waals surface area contributed by atoms with Gasteiger partial charge in [-0.05, 0) is 11.5 Å². The van der Waals surface area contributed by atoms with Gasteiger partial charge in [-0.15, -0.1) is 0 Å². The lowest BCUT2D eigenvalue weighted by atomic mass is 10.0. The first-order chi connectivity index (χ1) is 11.1. The largest absolute Gasteiger partial charge is 0.480 e. The molecule has 0 aliphatic carbocycles. The summed E-state index contributed by atoms with van der Waals surface area (Å²) in [7, 11) is 0. The molecule has 1 atom stereocenters. The Bertz CT molecular complexity index is 614. The fourth-order valence-corrected chi connectivity index (χ4v) is 2.15. The SMILES string of the molecule is CC(C)[C@@H](NCc1cnc(NCc2ccccc2)nc1)C(=O)O. The number of hydrogen-bond donors (Lipinski definition) is 3. The van der Waals surface area contributed by atoms with Crippen LogP contribution in [0.1, 0.15) is 25.0 Å². The highest BCUT2D eigenvalue weighted by atomic mass is 16.4. The molecule has 0 aliphatic rings. The van der Waals surface area contributed by atoms with Crippen molar-refractivity contribution in [3.63, 3.8) is 0 Å². The summed E-state index contributed by atoms with van der Waals surface area (Å²) in [6.45, 7) is 4.83. The summed E-state index contributed by atoms with van der Waals surface area (Å²) in [4.78, 5) is 19.6. The highest BCUT2D eigenvalue weighted by molar-refractivity contribution is 5.73. The molecule has 2 aromatic rings. The summed E-state index contributed by atoms with van der Waals surface area (Å²) in [6, 6.07) is 9.43. The zero-order valence-corrected chi connectivity index (χ0v) is 13.4. The van der Waals surface area contributed by atoms with Crippen LogP contribution >= 0.6 is 0 Å². The molecule has 0 fully saturated rings. The molecule has 0 radical (unpaired) electrons. The average Bonchev–Trinajstić information content (AvgIpc) is 2.54. The normalized spacial score (nSPS) is 12.1. The second-order valence-electron chi connectivity index (χ2n) is 5.69. The molecule has 6 nitrogen and oxygen atoms in total. The molecule has 0 amide bonds. The Morgan fingerprint density at radius 2 is 1.74 bits per heavy atom. The standard InChI is InChI=1S/C17H22N4O2/c1-12(2)15(16(22)23)18-9-14-10-20-17(21-11-14)19-8-13-6-4-3-5-7-13/h3-7,10-12,15,18H,8-9H2,1-2H3,(H,22,23)(H,19,20,21)/t15-/m1/s1. The van der Waals surface area contributed by atoms with E-state index in [1.165, 1.54) is 0 Å². The maximum Gasteiger partial charge on any atom is 0.320 e. The van der Waals surface area contributed by atoms with E-state index in [-0.39, 0.29) is 5.92 Å². The summed E-state index contributed by atoms with van der Waals surface area (Å²) in [5, 5.41) is 15.3. The summed E-state index contributed by atoms with van der Waals surface area (Å²) in [5.41, 5.74) is 2.00. The third-order valence-corrected chi connectivity index (χ3v) is 3.46. The topological polar surface area (TPSA) is 87.1 Å². The lowest BCUT2D eigenvalue weighted by molar-refractivity contribution is -0.140. The van der Waals surface area contributed by atoms with Crippen LogP contribution in [0.15, 0.2) is 42.7 Å². The second-order valence-corrected chi connectivity index (χ2v) is 5.69. The molecule has 122 valence electrons. The van der Waals surface area contributed by atoms with Crippen LogP contribution < -0.4 is 10.6 Å². The number of benzene rings is 1. The first-order valence-corrected chi connectivity index (χ1v) is 7.61. The van der Waals surface area contributed by atoms with Crippen molar-refractivity contribution in [2.45, 2.75) is 33.0 Å². The minimum Gasteiger partial charge on any atom is -0.480 e. The highest BCUT2D eigenvalue weighted by Crippen LogP contribution is 2.06. The third-order valence-electron chi connectivity index (χ3n) is 3.46. The molecule has 23 heavy (non-hydrogen) atoms. The molecule has 0 bridgehead atoms. The van der Waals surface area contributed by atoms with E-state index in [1.807, 2.05) is 44.2 Å². The van der Waals surface area contributed by atoms with Crippen LogP contribution in [0.3, 0.4) is 0 Å². The van der Waals surface area contributed by atoms with Crippen molar-refractivity contribution in [3.8, 4) is 0 Å². The first kappa shape index (κ1) is 16.9. The Balaban J connectivity index is 1.85. The molecule has 0 unspecified atom stereocenters. The van der Waals surface area contributed by atoms with Gasteiger partial charge in [0.1, 0.15) is 6.04 Å². The van der Waals surface area contributed by atoms with Crippen molar-refractivity contribution in [2.75, 3.05) is 5.32 Å². The molecule has 0 aliphatic heterocycles. The maximum absolute atomic E-state index is 11.1. The van der Waals surface area contributed by atoms with Crippen molar-refractivity contribution >= 4 is 11.9 Å². The van der Waals surface area contributed by atoms with E-state index in [0.717, 1.165) is 11.1 Å². The predicted octanol–water partition coefficient (Wildman–Crippen LogP) is 2.29. The van der Waals surface area contributed by atoms with E-state index < -0.39 is 12.0 Å². The van der Waals surface area contributed by atoms with Gasteiger partial charge in [-0.2, -0.15) is 0 Å². The van der Waals surface area contributed by atoms with Gasteiger partial charge in [0, 0.05) is 31.0 Å². The van der Waals surface area contributed by atoms with Crippen LogP contribution in [0.4, 0.5) is 5.95 Å². The van der Waals surface area contributed by atoms with Crippen LogP contribution in [0.2, 0.25) is 0 Å². The van der Waals surface area contributed by atoms with Crippen LogP contribution in [0.5, 0.6) is 0 Å². The third kappa shape index (κ3) is 5.34. The van der Waals surface area contributed by atoms with Crippen LogP contribution in [-0.4, -0.2) is 27.1 Å². The zero-order chi connectivity index (χ0) is 16.7. The zero-order valence-electron chi connectivity index (χ0n) is 13.4. The Morgan fingerprint density at radius 1 is 1.09 bits per heavy atom. The quantitative estimate of drug-likeness (QED) is 0.693. The molecule has 1 heterocycles. The van der Waals surface area contributed by atoms with Gasteiger partial charge in [0.25, 0.3) is 0 Å². The number of rotatable bonds is 8. The molecular weight excluding hydrogens is 292 g/mol. The van der Waals surface area contributed by atoms with E-state index in [4.69, 9.17) is 5.11 Å². The van der Waals surface area contributed by atoms with Crippen molar-refractivity contribution in [2.24, 2.45) is 5.92 Å². The van der Waals surface area contributed by atoms with E-state index in [2.05, 4.69) is 20.6 Å². The Hall–Kier alpha value is -2.47.